The fourth-order valence-electron chi connectivity index (χ4n) is 2.44. The van der Waals surface area contributed by atoms with Gasteiger partial charge in [0, 0.05) is 18.6 Å². The number of nitrogens with two attached hydrogens (primary N) is 1. The summed E-state index contributed by atoms with van der Waals surface area (Å²) in [7, 11) is 0. The topological polar surface area (TPSA) is 29.3 Å². The van der Waals surface area contributed by atoms with Crippen LogP contribution in [0.2, 0.25) is 0 Å². The molecule has 0 heterocycles. The van der Waals surface area contributed by atoms with Crippen molar-refractivity contribution in [2.75, 3.05) is 13.1 Å². The van der Waals surface area contributed by atoms with Gasteiger partial charge in [-0.25, -0.2) is 0 Å². The highest BCUT2D eigenvalue weighted by molar-refractivity contribution is 5.32. The SMILES string of the molecule is CCCN(CC(N)c1ccc(C)cc1C)C(C)C. The Kier molecular flexibility index (Phi) is 5.83. The summed E-state index contributed by atoms with van der Waals surface area (Å²) in [4.78, 5) is 2.46. The van der Waals surface area contributed by atoms with E-state index in [0.29, 0.717) is 6.04 Å². The first-order valence-corrected chi connectivity index (χ1v) is 7.02. The molecule has 1 aromatic rings. The number of benzene rings is 1. The van der Waals surface area contributed by atoms with Crippen LogP contribution in [0.25, 0.3) is 0 Å². The number of nitrogens with zero attached hydrogens (tertiary/aromatic N) is 1. The molecule has 0 bridgehead atoms. The van der Waals surface area contributed by atoms with Gasteiger partial charge in [-0.15, -0.1) is 0 Å². The van der Waals surface area contributed by atoms with Crippen molar-refractivity contribution in [2.45, 2.75) is 53.1 Å². The third-order valence-corrected chi connectivity index (χ3v) is 3.50. The Morgan fingerprint density at radius 1 is 1.22 bits per heavy atom. The Labute approximate surface area is 112 Å². The summed E-state index contributed by atoms with van der Waals surface area (Å²) in [6.07, 6.45) is 1.18. The molecule has 2 N–H and O–H groups in total. The van der Waals surface area contributed by atoms with Gasteiger partial charge in [0.2, 0.25) is 0 Å². The van der Waals surface area contributed by atoms with Crippen LogP contribution < -0.4 is 5.73 Å². The van der Waals surface area contributed by atoms with Gasteiger partial charge >= 0.3 is 0 Å². The van der Waals surface area contributed by atoms with Gasteiger partial charge in [-0.2, -0.15) is 0 Å². The standard InChI is InChI=1S/C16H28N2/c1-6-9-18(12(2)3)11-16(17)15-8-7-13(4)10-14(15)5/h7-8,10,12,16H,6,9,11,17H2,1-5H3. The van der Waals surface area contributed by atoms with Crippen molar-refractivity contribution < 1.29 is 0 Å². The molecule has 0 aliphatic carbocycles. The van der Waals surface area contributed by atoms with Crippen molar-refractivity contribution >= 4 is 0 Å². The average Bonchev–Trinajstić information content (AvgIpc) is 2.27. The largest absolute Gasteiger partial charge is 0.323 e. The second kappa shape index (κ2) is 6.91. The summed E-state index contributed by atoms with van der Waals surface area (Å²) in [5.41, 5.74) is 10.3. The van der Waals surface area contributed by atoms with E-state index in [1.54, 1.807) is 0 Å². The van der Waals surface area contributed by atoms with E-state index in [0.717, 1.165) is 13.1 Å². The lowest BCUT2D eigenvalue weighted by Gasteiger charge is -2.29. The molecule has 1 aromatic carbocycles. The molecular weight excluding hydrogens is 220 g/mol. The molecule has 0 fully saturated rings. The van der Waals surface area contributed by atoms with E-state index in [-0.39, 0.29) is 6.04 Å². The Balaban J connectivity index is 2.76. The smallest absolute Gasteiger partial charge is 0.0427 e. The lowest BCUT2D eigenvalue weighted by atomic mass is 9.99. The fraction of sp³-hybridized carbons (Fsp3) is 0.625. The molecule has 1 atom stereocenters. The first-order valence-electron chi connectivity index (χ1n) is 7.02. The van der Waals surface area contributed by atoms with Crippen LogP contribution in [0.1, 0.15) is 49.9 Å². The van der Waals surface area contributed by atoms with Gasteiger partial charge in [-0.1, -0.05) is 30.7 Å². The van der Waals surface area contributed by atoms with Crippen molar-refractivity contribution in [3.63, 3.8) is 0 Å². The maximum Gasteiger partial charge on any atom is 0.0427 e. The van der Waals surface area contributed by atoms with Gasteiger partial charge in [-0.3, -0.25) is 4.90 Å². The van der Waals surface area contributed by atoms with E-state index in [1.165, 1.54) is 23.1 Å². The quantitative estimate of drug-likeness (QED) is 0.836. The third kappa shape index (κ3) is 4.11. The van der Waals surface area contributed by atoms with Gasteiger partial charge in [0.1, 0.15) is 0 Å². The van der Waals surface area contributed by atoms with E-state index in [2.05, 4.69) is 57.7 Å². The second-order valence-corrected chi connectivity index (χ2v) is 5.56. The van der Waals surface area contributed by atoms with Gasteiger partial charge in [0.05, 0.1) is 0 Å². The molecule has 0 amide bonds. The van der Waals surface area contributed by atoms with Crippen LogP contribution in [0.3, 0.4) is 0 Å². The van der Waals surface area contributed by atoms with Crippen LogP contribution >= 0.6 is 0 Å². The molecule has 1 rings (SSSR count). The second-order valence-electron chi connectivity index (χ2n) is 5.56. The first-order chi connectivity index (χ1) is 8.45. The van der Waals surface area contributed by atoms with Crippen LogP contribution in [0, 0.1) is 13.8 Å². The molecule has 18 heavy (non-hydrogen) atoms. The minimum absolute atomic E-state index is 0.111. The molecule has 102 valence electrons. The van der Waals surface area contributed by atoms with E-state index in [1.807, 2.05) is 0 Å². The fourth-order valence-corrected chi connectivity index (χ4v) is 2.44. The summed E-state index contributed by atoms with van der Waals surface area (Å²) in [5.74, 6) is 0. The summed E-state index contributed by atoms with van der Waals surface area (Å²) < 4.78 is 0. The van der Waals surface area contributed by atoms with Crippen LogP contribution in [-0.2, 0) is 0 Å². The van der Waals surface area contributed by atoms with Gasteiger partial charge in [0.25, 0.3) is 0 Å². The van der Waals surface area contributed by atoms with Crippen molar-refractivity contribution in [2.24, 2.45) is 5.73 Å². The van der Waals surface area contributed by atoms with Crippen molar-refractivity contribution in [1.29, 1.82) is 0 Å². The molecule has 0 saturated heterocycles. The molecule has 0 aliphatic rings. The Hall–Kier alpha value is -0.860. The Bertz CT molecular complexity index is 371. The lowest BCUT2D eigenvalue weighted by Crippen LogP contribution is -2.37. The summed E-state index contributed by atoms with van der Waals surface area (Å²) in [6.45, 7) is 13.0. The molecule has 0 saturated carbocycles. The van der Waals surface area contributed by atoms with Crippen LogP contribution in [-0.4, -0.2) is 24.0 Å². The van der Waals surface area contributed by atoms with Crippen LogP contribution in [0.4, 0.5) is 0 Å². The zero-order chi connectivity index (χ0) is 13.7. The van der Waals surface area contributed by atoms with Crippen LogP contribution in [0.15, 0.2) is 18.2 Å². The van der Waals surface area contributed by atoms with Crippen LogP contribution in [0.5, 0.6) is 0 Å². The summed E-state index contributed by atoms with van der Waals surface area (Å²) in [5, 5.41) is 0. The average molecular weight is 248 g/mol. The first kappa shape index (κ1) is 15.2. The van der Waals surface area contributed by atoms with Gasteiger partial charge in [-0.05, 0) is 51.8 Å². The summed E-state index contributed by atoms with van der Waals surface area (Å²) in [6, 6.07) is 7.22. The predicted octanol–water partition coefficient (Wildman–Crippen LogP) is 3.42. The van der Waals surface area contributed by atoms with Crippen molar-refractivity contribution in [3.05, 3.63) is 34.9 Å². The highest BCUT2D eigenvalue weighted by atomic mass is 15.2. The van der Waals surface area contributed by atoms with Gasteiger partial charge < -0.3 is 5.73 Å². The number of rotatable bonds is 6. The Morgan fingerprint density at radius 2 is 1.89 bits per heavy atom. The highest BCUT2D eigenvalue weighted by Gasteiger charge is 2.15. The maximum absolute atomic E-state index is 6.37. The van der Waals surface area contributed by atoms with E-state index < -0.39 is 0 Å². The molecule has 0 radical (unpaired) electrons. The lowest BCUT2D eigenvalue weighted by molar-refractivity contribution is 0.209. The van der Waals surface area contributed by atoms with Crippen molar-refractivity contribution in [1.82, 2.24) is 4.90 Å². The number of aryl methyl sites for hydroxylation is 2. The molecule has 1 unspecified atom stereocenters. The Morgan fingerprint density at radius 3 is 2.39 bits per heavy atom. The number of hydrogen-bond acceptors (Lipinski definition) is 2. The molecule has 2 nitrogen and oxygen atoms in total. The third-order valence-electron chi connectivity index (χ3n) is 3.50. The molecule has 0 aromatic heterocycles. The maximum atomic E-state index is 6.37. The summed E-state index contributed by atoms with van der Waals surface area (Å²) >= 11 is 0. The van der Waals surface area contributed by atoms with E-state index >= 15 is 0 Å². The predicted molar refractivity (Wildman–Crippen MR) is 79.8 cm³/mol. The van der Waals surface area contributed by atoms with Crippen molar-refractivity contribution in [3.8, 4) is 0 Å². The molecular formula is C16H28N2. The number of hydrogen-bond donors (Lipinski definition) is 1. The zero-order valence-electron chi connectivity index (χ0n) is 12.5. The monoisotopic (exact) mass is 248 g/mol. The normalized spacial score (nSPS) is 13.3. The van der Waals surface area contributed by atoms with Gasteiger partial charge in [0.15, 0.2) is 0 Å². The molecule has 0 aliphatic heterocycles. The minimum atomic E-state index is 0.111. The van der Waals surface area contributed by atoms with E-state index in [4.69, 9.17) is 5.73 Å². The zero-order valence-corrected chi connectivity index (χ0v) is 12.5. The molecule has 0 spiro atoms. The van der Waals surface area contributed by atoms with E-state index in [9.17, 15) is 0 Å². The minimum Gasteiger partial charge on any atom is -0.323 e. The highest BCUT2D eigenvalue weighted by Crippen LogP contribution is 2.19. The molecule has 2 heteroatoms.